The van der Waals surface area contributed by atoms with E-state index >= 15 is 0 Å². The molecule has 7 nitrogen and oxygen atoms in total. The summed E-state index contributed by atoms with van der Waals surface area (Å²) in [6, 6.07) is 24.6. The number of ether oxygens (including phenoxy) is 2. The highest BCUT2D eigenvalue weighted by atomic mass is 32.2. The molecule has 0 unspecified atom stereocenters. The zero-order chi connectivity index (χ0) is 22.6. The highest BCUT2D eigenvalue weighted by Gasteiger charge is 2.29. The largest absolute Gasteiger partial charge is 0.485 e. The van der Waals surface area contributed by atoms with Gasteiger partial charge in [0, 0.05) is 5.69 Å². The Balaban J connectivity index is 1.34. The lowest BCUT2D eigenvalue weighted by Crippen LogP contribution is -2.21. The summed E-state index contributed by atoms with van der Waals surface area (Å²) in [5.41, 5.74) is 2.68. The number of amides is 1. The number of rotatable bonds is 6. The Kier molecular flexibility index (Phi) is 5.99. The van der Waals surface area contributed by atoms with E-state index in [0.29, 0.717) is 17.4 Å². The Bertz CT molecular complexity index is 1240. The van der Waals surface area contributed by atoms with Crippen LogP contribution in [0.4, 0.5) is 5.69 Å². The van der Waals surface area contributed by atoms with Crippen LogP contribution in [-0.4, -0.2) is 22.7 Å². The second kappa shape index (κ2) is 9.38. The van der Waals surface area contributed by atoms with Crippen molar-refractivity contribution < 1.29 is 18.7 Å². The number of carbonyl (C=O) groups is 1. The number of aryl methyl sites for hydroxylation is 1. The summed E-state index contributed by atoms with van der Waals surface area (Å²) in [6.45, 7) is 2.26. The first-order valence-corrected chi connectivity index (χ1v) is 11.3. The van der Waals surface area contributed by atoms with E-state index in [1.54, 1.807) is 0 Å². The normalized spacial score (nSPS) is 15.6. The number of hydrogen-bond acceptors (Lipinski definition) is 7. The molecule has 8 heteroatoms. The number of thioether (sulfide) groups is 1. The highest BCUT2D eigenvalue weighted by Crippen LogP contribution is 2.38. The molecule has 1 aliphatic rings. The highest BCUT2D eigenvalue weighted by molar-refractivity contribution is 8.00. The number of benzene rings is 3. The summed E-state index contributed by atoms with van der Waals surface area (Å²) < 4.78 is 17.5. The third kappa shape index (κ3) is 4.85. The van der Waals surface area contributed by atoms with Crippen LogP contribution in [0.3, 0.4) is 0 Å². The first-order chi connectivity index (χ1) is 16.2. The van der Waals surface area contributed by atoms with E-state index in [1.165, 1.54) is 11.8 Å². The van der Waals surface area contributed by atoms with E-state index in [1.807, 2.05) is 85.8 Å². The van der Waals surface area contributed by atoms with E-state index in [0.717, 1.165) is 16.8 Å². The lowest BCUT2D eigenvalue weighted by atomic mass is 10.1. The zero-order valence-electron chi connectivity index (χ0n) is 17.8. The van der Waals surface area contributed by atoms with Gasteiger partial charge >= 0.3 is 0 Å². The van der Waals surface area contributed by atoms with Gasteiger partial charge in [-0.2, -0.15) is 0 Å². The predicted octanol–water partition coefficient (Wildman–Crippen LogP) is 5.36. The van der Waals surface area contributed by atoms with Gasteiger partial charge in [-0.3, -0.25) is 4.79 Å². The Labute approximate surface area is 195 Å². The number of anilines is 1. The first kappa shape index (κ1) is 21.1. The van der Waals surface area contributed by atoms with Crippen molar-refractivity contribution in [3.8, 4) is 11.5 Å². The summed E-state index contributed by atoms with van der Waals surface area (Å²) in [6.07, 6.45) is -0.515. The van der Waals surface area contributed by atoms with E-state index in [4.69, 9.17) is 13.9 Å². The van der Waals surface area contributed by atoms with Gasteiger partial charge < -0.3 is 19.2 Å². The van der Waals surface area contributed by atoms with E-state index in [2.05, 4.69) is 15.5 Å². The van der Waals surface area contributed by atoms with Crippen molar-refractivity contribution in [3.63, 3.8) is 0 Å². The SMILES string of the molecule is Cc1ccc(NC(=O)[C@@H](Sc2nnc([C@@H]3COc4ccccc4O3)o2)c2ccccc2)cc1. The third-order valence-corrected chi connectivity index (χ3v) is 6.17. The average Bonchev–Trinajstić information content (AvgIpc) is 3.33. The second-order valence-electron chi connectivity index (χ2n) is 7.53. The van der Waals surface area contributed by atoms with Gasteiger partial charge in [-0.25, -0.2) is 0 Å². The molecule has 0 bridgehead atoms. The molecule has 0 fully saturated rings. The standard InChI is InChI=1S/C25H21N3O4S/c1-16-11-13-18(14-12-16)26-23(29)22(17-7-3-2-4-8-17)33-25-28-27-24(32-25)21-15-30-19-9-5-6-10-20(19)31-21/h2-14,21-22H,15H2,1H3,(H,26,29)/t21-,22-/m0/s1. The zero-order valence-corrected chi connectivity index (χ0v) is 18.6. The molecule has 1 aromatic heterocycles. The lowest BCUT2D eigenvalue weighted by Gasteiger charge is -2.23. The van der Waals surface area contributed by atoms with Crippen molar-refractivity contribution in [2.45, 2.75) is 23.5 Å². The number of nitrogens with one attached hydrogen (secondary N) is 1. The summed E-state index contributed by atoms with van der Waals surface area (Å²) in [7, 11) is 0. The van der Waals surface area contributed by atoms with Crippen molar-refractivity contribution in [1.82, 2.24) is 10.2 Å². The van der Waals surface area contributed by atoms with Crippen LogP contribution in [0.25, 0.3) is 0 Å². The van der Waals surface area contributed by atoms with Crippen LogP contribution in [-0.2, 0) is 4.79 Å². The van der Waals surface area contributed by atoms with Gasteiger partial charge in [0.1, 0.15) is 11.9 Å². The van der Waals surface area contributed by atoms with Crippen LogP contribution in [0.15, 0.2) is 88.5 Å². The van der Waals surface area contributed by atoms with E-state index in [-0.39, 0.29) is 17.7 Å². The monoisotopic (exact) mass is 459 g/mol. The Morgan fingerprint density at radius 3 is 2.48 bits per heavy atom. The number of carbonyl (C=O) groups excluding carboxylic acids is 1. The first-order valence-electron chi connectivity index (χ1n) is 10.5. The van der Waals surface area contributed by atoms with E-state index < -0.39 is 11.4 Å². The minimum atomic E-state index is -0.579. The molecule has 0 saturated heterocycles. The van der Waals surface area contributed by atoms with Crippen molar-refractivity contribution in [2.24, 2.45) is 0 Å². The molecule has 1 aliphatic heterocycles. The Morgan fingerprint density at radius 2 is 1.70 bits per heavy atom. The predicted molar refractivity (Wildman–Crippen MR) is 124 cm³/mol. The summed E-state index contributed by atoms with van der Waals surface area (Å²) in [5, 5.41) is 11.0. The minimum absolute atomic E-state index is 0.180. The molecule has 166 valence electrons. The fourth-order valence-electron chi connectivity index (χ4n) is 3.39. The van der Waals surface area contributed by atoms with Crippen molar-refractivity contribution in [3.05, 3.63) is 95.9 Å². The Hall–Kier alpha value is -3.78. The minimum Gasteiger partial charge on any atom is -0.485 e. The lowest BCUT2D eigenvalue weighted by molar-refractivity contribution is -0.115. The molecule has 5 rings (SSSR count). The molecule has 2 atom stereocenters. The fraction of sp³-hybridized carbons (Fsp3) is 0.160. The van der Waals surface area contributed by atoms with Gasteiger partial charge in [0.15, 0.2) is 11.5 Å². The maximum Gasteiger partial charge on any atom is 0.277 e. The Morgan fingerprint density at radius 1 is 0.970 bits per heavy atom. The van der Waals surface area contributed by atoms with Gasteiger partial charge in [0.2, 0.25) is 12.0 Å². The molecule has 33 heavy (non-hydrogen) atoms. The molecule has 0 saturated carbocycles. The number of aromatic nitrogens is 2. The van der Waals surface area contributed by atoms with E-state index in [9.17, 15) is 4.79 Å². The molecular weight excluding hydrogens is 438 g/mol. The van der Waals surface area contributed by atoms with Gasteiger partial charge in [-0.05, 0) is 48.5 Å². The quantitative estimate of drug-likeness (QED) is 0.388. The summed E-state index contributed by atoms with van der Waals surface area (Å²) >= 11 is 1.19. The average molecular weight is 460 g/mol. The molecular formula is C25H21N3O4S. The van der Waals surface area contributed by atoms with Crippen molar-refractivity contribution >= 4 is 23.4 Å². The molecule has 0 spiro atoms. The van der Waals surface area contributed by atoms with Crippen LogP contribution >= 0.6 is 11.8 Å². The number of para-hydroxylation sites is 2. The molecule has 0 radical (unpaired) electrons. The maximum atomic E-state index is 13.2. The third-order valence-electron chi connectivity index (χ3n) is 5.08. The molecule has 3 aromatic carbocycles. The van der Waals surface area contributed by atoms with Crippen molar-refractivity contribution in [2.75, 3.05) is 11.9 Å². The second-order valence-corrected chi connectivity index (χ2v) is 8.59. The number of nitrogens with zero attached hydrogens (tertiary/aromatic N) is 2. The maximum absolute atomic E-state index is 13.2. The van der Waals surface area contributed by atoms with Crippen LogP contribution in [0, 0.1) is 6.92 Å². The topological polar surface area (TPSA) is 86.5 Å². The number of fused-ring (bicyclic) bond motifs is 1. The van der Waals surface area contributed by atoms with Crippen molar-refractivity contribution in [1.29, 1.82) is 0 Å². The molecule has 4 aromatic rings. The van der Waals surface area contributed by atoms with Crippen LogP contribution in [0.1, 0.15) is 28.4 Å². The van der Waals surface area contributed by atoms with Crippen LogP contribution in [0.5, 0.6) is 11.5 Å². The molecule has 1 amide bonds. The van der Waals surface area contributed by atoms with Gasteiger partial charge in [-0.15, -0.1) is 10.2 Å². The van der Waals surface area contributed by atoms with Gasteiger partial charge in [0.05, 0.1) is 0 Å². The summed E-state index contributed by atoms with van der Waals surface area (Å²) in [4.78, 5) is 13.2. The smallest absolute Gasteiger partial charge is 0.277 e. The van der Waals surface area contributed by atoms with Gasteiger partial charge in [0.25, 0.3) is 11.1 Å². The number of hydrogen-bond donors (Lipinski definition) is 1. The molecule has 0 aliphatic carbocycles. The van der Waals surface area contributed by atoms with Crippen LogP contribution in [0.2, 0.25) is 0 Å². The fourth-order valence-corrected chi connectivity index (χ4v) is 4.27. The molecule has 1 N–H and O–H groups in total. The van der Waals surface area contributed by atoms with Crippen LogP contribution < -0.4 is 14.8 Å². The van der Waals surface area contributed by atoms with Gasteiger partial charge in [-0.1, -0.05) is 60.2 Å². The summed E-state index contributed by atoms with van der Waals surface area (Å²) in [5.74, 6) is 1.43. The molecule has 2 heterocycles.